The molecule has 0 saturated heterocycles. The van der Waals surface area contributed by atoms with Crippen LogP contribution in [0.1, 0.15) is 49.8 Å². The van der Waals surface area contributed by atoms with Crippen LogP contribution in [0.2, 0.25) is 0 Å². The number of carbonyl (C=O) groups is 6. The summed E-state index contributed by atoms with van der Waals surface area (Å²) in [5.74, 6) is -5.89. The van der Waals surface area contributed by atoms with E-state index in [2.05, 4.69) is 21.2 Å². The summed E-state index contributed by atoms with van der Waals surface area (Å²) >= 11 is 3.03. The molecule has 0 fully saturated rings. The number of esters is 1. The van der Waals surface area contributed by atoms with Gasteiger partial charge in [-0.2, -0.15) is 0 Å². The third-order valence-electron chi connectivity index (χ3n) is 7.77. The van der Waals surface area contributed by atoms with Crippen LogP contribution in [0.15, 0.2) is 91.0 Å². The Morgan fingerprint density at radius 3 is 1.69 bits per heavy atom. The van der Waals surface area contributed by atoms with Gasteiger partial charge in [-0.05, 0) is 29.0 Å². The number of rotatable bonds is 17. The number of benzene rings is 3. The number of aliphatic carboxylic acids is 1. The molecule has 2 N–H and O–H groups in total. The number of alkyl halides is 1. The molecule has 13 heteroatoms. The molecule has 0 aliphatic heterocycles. The first-order chi connectivity index (χ1) is 23.5. The number of nitrogens with one attached hydrogen (secondary N) is 1. The summed E-state index contributed by atoms with van der Waals surface area (Å²) in [4.78, 5) is 81.5. The van der Waals surface area contributed by atoms with Crippen LogP contribution < -0.4 is 5.32 Å². The second kappa shape index (κ2) is 19.1. The lowest BCUT2D eigenvalue weighted by Crippen LogP contribution is -2.68. The molecule has 12 nitrogen and oxygen atoms in total. The van der Waals surface area contributed by atoms with Crippen molar-refractivity contribution < 1.29 is 48.1 Å². The van der Waals surface area contributed by atoms with Gasteiger partial charge >= 0.3 is 24.1 Å². The summed E-state index contributed by atoms with van der Waals surface area (Å²) in [6.45, 7) is 2.38. The van der Waals surface area contributed by atoms with Crippen LogP contribution in [0.3, 0.4) is 0 Å². The van der Waals surface area contributed by atoms with Crippen LogP contribution in [-0.4, -0.2) is 62.7 Å². The normalized spacial score (nSPS) is 13.1. The summed E-state index contributed by atoms with van der Waals surface area (Å²) in [7, 11) is 0. The fraction of sp³-hybridized carbons (Fsp3) is 0.333. The average Bonchev–Trinajstić information content (AvgIpc) is 3.13. The first-order valence-electron chi connectivity index (χ1n) is 15.6. The van der Waals surface area contributed by atoms with Gasteiger partial charge in [-0.15, -0.1) is 0 Å². The lowest BCUT2D eigenvalue weighted by molar-refractivity contribution is -0.177. The van der Waals surface area contributed by atoms with Gasteiger partial charge in [0.2, 0.25) is 5.54 Å². The Balaban J connectivity index is 2.08. The molecule has 0 aliphatic carbocycles. The molecule has 260 valence electrons. The minimum Gasteiger partial charge on any atom is -0.479 e. The van der Waals surface area contributed by atoms with Crippen molar-refractivity contribution in [2.24, 2.45) is 5.92 Å². The Hall–Kier alpha value is -5.04. The summed E-state index contributed by atoms with van der Waals surface area (Å²) < 4.78 is 16.2. The number of amides is 3. The van der Waals surface area contributed by atoms with E-state index in [1.807, 2.05) is 0 Å². The SMILES string of the molecule is CC[C@H](C)[C@H](NC(=O)OCc1ccccc1)C(=O)N(C(=O)OCc1ccccc1)[C@@](CCC(=O)CBr)(C(=O)O)C(=O)OCc1ccccc1. The maximum absolute atomic E-state index is 14.5. The number of carbonyl (C=O) groups excluding carboxylic acids is 5. The van der Waals surface area contributed by atoms with Crippen molar-refractivity contribution >= 4 is 51.7 Å². The number of Topliss-reactive ketones (excluding diaryl/α,β-unsaturated/α-hetero) is 1. The summed E-state index contributed by atoms with van der Waals surface area (Å²) in [5, 5.41) is 13.0. The molecule has 3 rings (SSSR count). The number of carboxylic acids is 1. The minimum absolute atomic E-state index is 0.142. The first kappa shape index (κ1) is 38.4. The van der Waals surface area contributed by atoms with Crippen molar-refractivity contribution in [1.82, 2.24) is 10.2 Å². The van der Waals surface area contributed by atoms with Gasteiger partial charge in [0.25, 0.3) is 5.91 Å². The molecule has 3 aromatic carbocycles. The summed E-state index contributed by atoms with van der Waals surface area (Å²) in [6, 6.07) is 23.9. The monoisotopic (exact) mass is 738 g/mol. The van der Waals surface area contributed by atoms with E-state index in [9.17, 15) is 33.9 Å². The van der Waals surface area contributed by atoms with Crippen LogP contribution in [0.25, 0.3) is 0 Å². The predicted molar refractivity (Wildman–Crippen MR) is 181 cm³/mol. The number of imide groups is 1. The summed E-state index contributed by atoms with van der Waals surface area (Å²) in [5.41, 5.74) is -1.40. The summed E-state index contributed by atoms with van der Waals surface area (Å²) in [6.07, 6.45) is -3.61. The van der Waals surface area contributed by atoms with E-state index in [0.717, 1.165) is 0 Å². The first-order valence-corrected chi connectivity index (χ1v) is 16.7. The van der Waals surface area contributed by atoms with Crippen LogP contribution in [0.5, 0.6) is 0 Å². The Morgan fingerprint density at radius 2 is 1.24 bits per heavy atom. The van der Waals surface area contributed by atoms with Crippen LogP contribution >= 0.6 is 15.9 Å². The molecule has 0 heterocycles. The quantitative estimate of drug-likeness (QED) is 0.0748. The van der Waals surface area contributed by atoms with Gasteiger partial charge in [0.15, 0.2) is 0 Å². The van der Waals surface area contributed by atoms with E-state index in [-0.39, 0.29) is 29.9 Å². The van der Waals surface area contributed by atoms with E-state index in [4.69, 9.17) is 14.2 Å². The largest absolute Gasteiger partial charge is 0.479 e. The van der Waals surface area contributed by atoms with Crippen molar-refractivity contribution in [3.05, 3.63) is 108 Å². The Labute approximate surface area is 292 Å². The second-order valence-electron chi connectivity index (χ2n) is 11.2. The van der Waals surface area contributed by atoms with Crippen molar-refractivity contribution in [1.29, 1.82) is 0 Å². The molecular weight excluding hydrogens is 700 g/mol. The third-order valence-corrected chi connectivity index (χ3v) is 8.40. The smallest absolute Gasteiger partial charge is 0.418 e. The highest BCUT2D eigenvalue weighted by Crippen LogP contribution is 2.30. The molecule has 3 aromatic rings. The maximum atomic E-state index is 14.5. The Bertz CT molecular complexity index is 1570. The zero-order chi connectivity index (χ0) is 35.8. The standard InChI is InChI=1S/C36H39BrN2O10/c1-3-25(2)30(38-34(45)48-23-27-15-9-5-10-16-27)31(41)39(35(46)49-24-28-17-11-6-12-18-28)36(32(42)43,20-19-29(40)21-37)33(44)47-22-26-13-7-4-8-14-26/h4-18,25,30H,3,19-24H2,1-2H3,(H,38,45)(H,42,43)/t25-,30-,36-/m0/s1. The van der Waals surface area contributed by atoms with Gasteiger partial charge < -0.3 is 24.6 Å². The predicted octanol–water partition coefficient (Wildman–Crippen LogP) is 5.80. The van der Waals surface area contributed by atoms with Crippen LogP contribution in [0.4, 0.5) is 9.59 Å². The van der Waals surface area contributed by atoms with Gasteiger partial charge in [-0.25, -0.2) is 24.1 Å². The molecule has 49 heavy (non-hydrogen) atoms. The van der Waals surface area contributed by atoms with Crippen LogP contribution in [0, 0.1) is 5.92 Å². The number of ether oxygens (including phenoxy) is 3. The lowest BCUT2D eigenvalue weighted by Gasteiger charge is -2.38. The number of hydrogen-bond donors (Lipinski definition) is 2. The van der Waals surface area contributed by atoms with E-state index >= 15 is 0 Å². The number of alkyl carbamates (subject to hydrolysis) is 1. The highest BCUT2D eigenvalue weighted by atomic mass is 79.9. The third kappa shape index (κ3) is 10.7. The topological polar surface area (TPSA) is 166 Å². The maximum Gasteiger partial charge on any atom is 0.418 e. The Morgan fingerprint density at radius 1 is 0.776 bits per heavy atom. The number of nitrogens with zero attached hydrogens (tertiary/aromatic N) is 1. The molecule has 0 aromatic heterocycles. The lowest BCUT2D eigenvalue weighted by atomic mass is 9.88. The van der Waals surface area contributed by atoms with Crippen molar-refractivity contribution in [2.75, 3.05) is 5.33 Å². The van der Waals surface area contributed by atoms with E-state index in [1.165, 1.54) is 0 Å². The van der Waals surface area contributed by atoms with Gasteiger partial charge in [-0.3, -0.25) is 9.59 Å². The highest BCUT2D eigenvalue weighted by Gasteiger charge is 2.59. The van der Waals surface area contributed by atoms with Gasteiger partial charge in [-0.1, -0.05) is 127 Å². The molecule has 3 amide bonds. The fourth-order valence-corrected chi connectivity index (χ4v) is 5.04. The van der Waals surface area contributed by atoms with E-state index < -0.39 is 72.8 Å². The zero-order valence-electron chi connectivity index (χ0n) is 27.2. The van der Waals surface area contributed by atoms with Crippen molar-refractivity contribution in [3.8, 4) is 0 Å². The average molecular weight is 740 g/mol. The molecule has 0 spiro atoms. The zero-order valence-corrected chi connectivity index (χ0v) is 28.8. The van der Waals surface area contributed by atoms with Gasteiger partial charge in [0, 0.05) is 6.42 Å². The fourth-order valence-electron chi connectivity index (χ4n) is 4.76. The second-order valence-corrected chi connectivity index (χ2v) is 11.7. The molecule has 0 saturated carbocycles. The van der Waals surface area contributed by atoms with Crippen molar-refractivity contribution in [2.45, 2.75) is 64.5 Å². The van der Waals surface area contributed by atoms with E-state index in [1.54, 1.807) is 105 Å². The van der Waals surface area contributed by atoms with Gasteiger partial charge in [0.05, 0.1) is 5.33 Å². The Kier molecular flexibility index (Phi) is 15.0. The highest BCUT2D eigenvalue weighted by molar-refractivity contribution is 9.09. The molecule has 0 bridgehead atoms. The molecule has 0 aliphatic rings. The van der Waals surface area contributed by atoms with E-state index in [0.29, 0.717) is 16.7 Å². The number of hydrogen-bond acceptors (Lipinski definition) is 9. The molecule has 0 radical (unpaired) electrons. The van der Waals surface area contributed by atoms with Gasteiger partial charge in [0.1, 0.15) is 31.6 Å². The molecule has 0 unspecified atom stereocenters. The van der Waals surface area contributed by atoms with Crippen molar-refractivity contribution in [3.63, 3.8) is 0 Å². The number of halogens is 1. The van der Waals surface area contributed by atoms with Crippen LogP contribution in [-0.2, 0) is 53.2 Å². The number of carboxylic acid groups (broad SMARTS) is 1. The molecule has 3 atom stereocenters. The molecular formula is C36H39BrN2O10. The minimum atomic E-state index is -3.07. The number of ketones is 1.